The van der Waals surface area contributed by atoms with E-state index < -0.39 is 0 Å². The van der Waals surface area contributed by atoms with Crippen molar-refractivity contribution >= 4 is 24.8 Å². The lowest BCUT2D eigenvalue weighted by atomic mass is 10.2. The van der Waals surface area contributed by atoms with Gasteiger partial charge in [-0.15, -0.1) is 0 Å². The molecule has 7 heteroatoms. The third-order valence-corrected chi connectivity index (χ3v) is 2.64. The predicted molar refractivity (Wildman–Crippen MR) is 92.0 cm³/mol. The first-order valence-electron chi connectivity index (χ1n) is 6.93. The number of nitrogens with zero attached hydrogens (tertiary/aromatic N) is 4. The lowest BCUT2D eigenvalue weighted by molar-refractivity contribution is -0.139. The molecule has 0 unspecified atom stereocenters. The number of hydrogen-bond donors (Lipinski definition) is 1. The summed E-state index contributed by atoms with van der Waals surface area (Å²) in [6.07, 6.45) is 3.02. The molecule has 0 amide bonds. The molecule has 0 saturated carbocycles. The van der Waals surface area contributed by atoms with Gasteiger partial charge < -0.3 is 10.1 Å². The normalized spacial score (nSPS) is 10.0. The number of carbonyl (C=O) groups is 1. The maximum Gasteiger partial charge on any atom is 0.310 e. The summed E-state index contributed by atoms with van der Waals surface area (Å²) in [6.45, 7) is 3.35. The maximum atomic E-state index is 11.4. The minimum Gasteiger partial charge on any atom is -0.469 e. The molecule has 0 aliphatic heterocycles. The SMILES string of the molecule is C=N/C=N\c1c(CC(=O)OC)cnn1-c1ccccc1.CNC. The number of para-hydroxylation sites is 1. The van der Waals surface area contributed by atoms with Gasteiger partial charge in [0.1, 0.15) is 6.34 Å². The monoisotopic (exact) mass is 315 g/mol. The lowest BCUT2D eigenvalue weighted by Gasteiger charge is -2.04. The van der Waals surface area contributed by atoms with E-state index in [0.717, 1.165) is 5.69 Å². The van der Waals surface area contributed by atoms with Crippen LogP contribution in [0.2, 0.25) is 0 Å². The molecule has 0 saturated heterocycles. The molecule has 1 N–H and O–H groups in total. The van der Waals surface area contributed by atoms with Crippen molar-refractivity contribution in [3.8, 4) is 5.69 Å². The van der Waals surface area contributed by atoms with Crippen LogP contribution in [0.5, 0.6) is 0 Å². The fourth-order valence-corrected chi connectivity index (χ4v) is 1.72. The van der Waals surface area contributed by atoms with Crippen LogP contribution in [0.4, 0.5) is 5.82 Å². The summed E-state index contributed by atoms with van der Waals surface area (Å²) in [5.74, 6) is 0.189. The highest BCUT2D eigenvalue weighted by Gasteiger charge is 2.14. The first-order valence-corrected chi connectivity index (χ1v) is 6.93. The fraction of sp³-hybridized carbons (Fsp3) is 0.250. The topological polar surface area (TPSA) is 80.9 Å². The van der Waals surface area contributed by atoms with Crippen molar-refractivity contribution in [2.45, 2.75) is 6.42 Å². The standard InChI is InChI=1S/C14H14N4O2.C2H7N/c1-15-10-16-14-11(8-13(19)20-2)9-17-18(14)12-6-4-3-5-7-12;1-3-2/h3-7,9-10H,1,8H2,2H3;3H,1-2H3/b16-10-;. The average Bonchev–Trinajstić information content (AvgIpc) is 2.96. The lowest BCUT2D eigenvalue weighted by Crippen LogP contribution is -2.04. The number of rotatable bonds is 5. The van der Waals surface area contributed by atoms with Gasteiger partial charge in [-0.05, 0) is 32.9 Å². The van der Waals surface area contributed by atoms with Crippen molar-refractivity contribution < 1.29 is 9.53 Å². The Balaban J connectivity index is 0.000000816. The van der Waals surface area contributed by atoms with Gasteiger partial charge in [-0.1, -0.05) is 18.2 Å². The van der Waals surface area contributed by atoms with Crippen LogP contribution in [-0.2, 0) is 16.0 Å². The van der Waals surface area contributed by atoms with Gasteiger partial charge >= 0.3 is 5.97 Å². The Bertz CT molecular complexity index is 650. The van der Waals surface area contributed by atoms with E-state index in [-0.39, 0.29) is 12.4 Å². The van der Waals surface area contributed by atoms with E-state index >= 15 is 0 Å². The van der Waals surface area contributed by atoms with E-state index in [2.05, 4.69) is 31.9 Å². The first kappa shape index (κ1) is 18.2. The van der Waals surface area contributed by atoms with Crippen molar-refractivity contribution in [2.24, 2.45) is 9.98 Å². The van der Waals surface area contributed by atoms with E-state index in [4.69, 9.17) is 0 Å². The molecule has 1 heterocycles. The molecule has 2 aromatic rings. The first-order chi connectivity index (χ1) is 11.2. The highest BCUT2D eigenvalue weighted by atomic mass is 16.5. The summed E-state index contributed by atoms with van der Waals surface area (Å²) in [7, 11) is 5.10. The Morgan fingerprint density at radius 1 is 1.39 bits per heavy atom. The number of nitrogens with one attached hydrogen (secondary N) is 1. The zero-order valence-electron chi connectivity index (χ0n) is 13.6. The van der Waals surface area contributed by atoms with Crippen molar-refractivity contribution in [1.82, 2.24) is 15.1 Å². The van der Waals surface area contributed by atoms with Crippen LogP contribution >= 0.6 is 0 Å². The molecule has 7 nitrogen and oxygen atoms in total. The van der Waals surface area contributed by atoms with Crippen LogP contribution in [0, 0.1) is 0 Å². The molecule has 0 aliphatic carbocycles. The smallest absolute Gasteiger partial charge is 0.310 e. The van der Waals surface area contributed by atoms with Gasteiger partial charge in [0.2, 0.25) is 0 Å². The van der Waals surface area contributed by atoms with Crippen LogP contribution in [0.25, 0.3) is 5.69 Å². The van der Waals surface area contributed by atoms with Crippen LogP contribution in [0.15, 0.2) is 46.5 Å². The zero-order valence-corrected chi connectivity index (χ0v) is 13.6. The Labute approximate surface area is 135 Å². The highest BCUT2D eigenvalue weighted by Crippen LogP contribution is 2.23. The summed E-state index contributed by atoms with van der Waals surface area (Å²) in [5.41, 5.74) is 1.51. The van der Waals surface area contributed by atoms with Crippen molar-refractivity contribution in [3.63, 3.8) is 0 Å². The predicted octanol–water partition coefficient (Wildman–Crippen LogP) is 1.78. The van der Waals surface area contributed by atoms with Gasteiger partial charge in [0.15, 0.2) is 5.82 Å². The number of ether oxygens (including phenoxy) is 1. The number of aromatic nitrogens is 2. The molecule has 2 rings (SSSR count). The molecule has 1 aromatic carbocycles. The molecular weight excluding hydrogens is 294 g/mol. The van der Waals surface area contributed by atoms with Crippen LogP contribution in [0.3, 0.4) is 0 Å². The Hall–Kier alpha value is -2.80. The number of carbonyl (C=O) groups excluding carboxylic acids is 1. The van der Waals surface area contributed by atoms with Gasteiger partial charge in [0.05, 0.1) is 25.4 Å². The van der Waals surface area contributed by atoms with Gasteiger partial charge in [-0.3, -0.25) is 9.79 Å². The van der Waals surface area contributed by atoms with Crippen LogP contribution in [0.1, 0.15) is 5.56 Å². The average molecular weight is 315 g/mol. The molecule has 0 bridgehead atoms. The third-order valence-electron chi connectivity index (χ3n) is 2.64. The largest absolute Gasteiger partial charge is 0.469 e. The molecule has 0 spiro atoms. The molecule has 0 radical (unpaired) electrons. The summed E-state index contributed by atoms with van der Waals surface area (Å²) in [4.78, 5) is 19.2. The minimum atomic E-state index is -0.347. The number of methoxy groups -OCH3 is 1. The second-order valence-electron chi connectivity index (χ2n) is 4.42. The second kappa shape index (κ2) is 10.0. The maximum absolute atomic E-state index is 11.4. The Kier molecular flexibility index (Phi) is 7.95. The minimum absolute atomic E-state index is 0.104. The molecule has 0 aliphatic rings. The highest BCUT2D eigenvalue weighted by molar-refractivity contribution is 5.75. The van der Waals surface area contributed by atoms with Gasteiger partial charge in [-0.2, -0.15) is 5.10 Å². The number of benzene rings is 1. The van der Waals surface area contributed by atoms with Crippen LogP contribution < -0.4 is 5.32 Å². The van der Waals surface area contributed by atoms with E-state index in [1.165, 1.54) is 13.4 Å². The van der Waals surface area contributed by atoms with Crippen LogP contribution in [-0.4, -0.2) is 50.0 Å². The van der Waals surface area contributed by atoms with Crippen molar-refractivity contribution in [1.29, 1.82) is 0 Å². The Morgan fingerprint density at radius 3 is 2.61 bits per heavy atom. The molecule has 122 valence electrons. The Morgan fingerprint density at radius 2 is 2.04 bits per heavy atom. The molecule has 1 aromatic heterocycles. The number of hydrogen-bond acceptors (Lipinski definition) is 5. The van der Waals surface area contributed by atoms with E-state index in [9.17, 15) is 4.79 Å². The second-order valence-corrected chi connectivity index (χ2v) is 4.42. The zero-order chi connectivity index (χ0) is 17.1. The summed E-state index contributed by atoms with van der Waals surface area (Å²) < 4.78 is 6.30. The summed E-state index contributed by atoms with van der Waals surface area (Å²) in [5, 5.41) is 7.01. The number of esters is 1. The van der Waals surface area contributed by atoms with Gasteiger partial charge in [0.25, 0.3) is 0 Å². The van der Waals surface area contributed by atoms with Crippen molar-refractivity contribution in [3.05, 3.63) is 42.1 Å². The summed E-state index contributed by atoms with van der Waals surface area (Å²) in [6, 6.07) is 9.51. The fourth-order valence-electron chi connectivity index (χ4n) is 1.72. The quantitative estimate of drug-likeness (QED) is 0.518. The molecule has 0 atom stereocenters. The van der Waals surface area contributed by atoms with E-state index in [1.807, 2.05) is 44.4 Å². The number of aliphatic imine (C=N–C) groups is 2. The van der Waals surface area contributed by atoms with E-state index in [0.29, 0.717) is 11.4 Å². The third kappa shape index (κ3) is 5.48. The van der Waals surface area contributed by atoms with Gasteiger partial charge in [-0.25, -0.2) is 9.67 Å². The molecular formula is C16H21N5O2. The van der Waals surface area contributed by atoms with Gasteiger partial charge in [0, 0.05) is 5.56 Å². The summed E-state index contributed by atoms with van der Waals surface area (Å²) >= 11 is 0. The van der Waals surface area contributed by atoms with E-state index in [1.54, 1.807) is 10.9 Å². The molecule has 23 heavy (non-hydrogen) atoms. The van der Waals surface area contributed by atoms with Crippen molar-refractivity contribution in [2.75, 3.05) is 21.2 Å². The molecule has 0 fully saturated rings.